The molecule has 2 aromatic carbocycles. The Bertz CT molecular complexity index is 963. The number of carbonyl (C=O) groups excluding carboxylic acids is 2. The molecule has 1 saturated heterocycles. The van der Waals surface area contributed by atoms with E-state index in [1.54, 1.807) is 29.2 Å². The molecular weight excluding hydrogens is 404 g/mol. The van der Waals surface area contributed by atoms with E-state index >= 15 is 0 Å². The number of halogens is 2. The van der Waals surface area contributed by atoms with Crippen LogP contribution < -0.4 is 15.5 Å². The average Bonchev–Trinajstić information content (AvgIpc) is 3.13. The van der Waals surface area contributed by atoms with Crippen molar-refractivity contribution in [3.05, 3.63) is 66.3 Å². The summed E-state index contributed by atoms with van der Waals surface area (Å²) in [6.45, 7) is 5.55. The molecule has 2 aromatic rings. The second kappa shape index (κ2) is 10.2. The number of anilines is 1. The number of hydrogen-bond acceptors (Lipinski definition) is 5. The highest BCUT2D eigenvalue weighted by Crippen LogP contribution is 2.31. The zero-order chi connectivity index (χ0) is 22.4. The van der Waals surface area contributed by atoms with Crippen LogP contribution in [0.3, 0.4) is 0 Å². The Morgan fingerprint density at radius 2 is 1.97 bits per heavy atom. The van der Waals surface area contributed by atoms with Crippen molar-refractivity contribution in [2.75, 3.05) is 31.2 Å². The molecule has 1 amide bonds. The van der Waals surface area contributed by atoms with Gasteiger partial charge in [-0.2, -0.15) is 0 Å². The van der Waals surface area contributed by atoms with Gasteiger partial charge in [-0.05, 0) is 35.9 Å². The Labute approximate surface area is 179 Å². The van der Waals surface area contributed by atoms with E-state index in [1.165, 1.54) is 13.0 Å². The van der Waals surface area contributed by atoms with E-state index in [2.05, 4.69) is 17.2 Å². The minimum atomic E-state index is -0.978. The number of rotatable bonds is 9. The maximum absolute atomic E-state index is 14.9. The highest BCUT2D eigenvalue weighted by molar-refractivity contribution is 5.81. The fourth-order valence-corrected chi connectivity index (χ4v) is 3.31. The molecule has 164 valence electrons. The van der Waals surface area contributed by atoms with Gasteiger partial charge in [0.15, 0.2) is 11.7 Å². The van der Waals surface area contributed by atoms with Gasteiger partial charge in [0.05, 0.1) is 19.6 Å². The number of amides is 1. The SMILES string of the molecule is C=C1OC(CNC(C)=O)CN1c1ccc(-c2ccc(CNCC(=O)CF)cc2)c(F)c1. The topological polar surface area (TPSA) is 70.7 Å². The number of benzene rings is 2. The normalized spacial score (nSPS) is 15.6. The molecule has 2 N–H and O–H groups in total. The molecule has 1 heterocycles. The molecule has 1 fully saturated rings. The number of ether oxygens (including phenoxy) is 1. The van der Waals surface area contributed by atoms with Crippen molar-refractivity contribution in [1.29, 1.82) is 0 Å². The first-order chi connectivity index (χ1) is 14.9. The smallest absolute Gasteiger partial charge is 0.217 e. The van der Waals surface area contributed by atoms with Gasteiger partial charge >= 0.3 is 0 Å². The zero-order valence-corrected chi connectivity index (χ0v) is 17.3. The van der Waals surface area contributed by atoms with Gasteiger partial charge in [-0.1, -0.05) is 24.3 Å². The number of nitrogens with one attached hydrogen (secondary N) is 2. The first kappa shape index (κ1) is 22.4. The number of hydrogen-bond donors (Lipinski definition) is 2. The van der Waals surface area contributed by atoms with E-state index in [4.69, 9.17) is 4.74 Å². The lowest BCUT2D eigenvalue weighted by atomic mass is 10.0. The van der Waals surface area contributed by atoms with Crippen molar-refractivity contribution < 1.29 is 23.1 Å². The molecule has 0 bridgehead atoms. The molecule has 0 radical (unpaired) electrons. The van der Waals surface area contributed by atoms with Gasteiger partial charge in [-0.25, -0.2) is 8.78 Å². The molecule has 6 nitrogen and oxygen atoms in total. The molecule has 0 saturated carbocycles. The maximum atomic E-state index is 14.9. The highest BCUT2D eigenvalue weighted by Gasteiger charge is 2.28. The van der Waals surface area contributed by atoms with Gasteiger partial charge in [-0.15, -0.1) is 0 Å². The van der Waals surface area contributed by atoms with Crippen molar-refractivity contribution in [3.63, 3.8) is 0 Å². The fourth-order valence-electron chi connectivity index (χ4n) is 3.31. The summed E-state index contributed by atoms with van der Waals surface area (Å²) in [6, 6.07) is 12.2. The summed E-state index contributed by atoms with van der Waals surface area (Å²) in [5, 5.41) is 5.58. The van der Waals surface area contributed by atoms with Gasteiger partial charge in [0.25, 0.3) is 0 Å². The molecule has 1 unspecified atom stereocenters. The van der Waals surface area contributed by atoms with Crippen LogP contribution >= 0.6 is 0 Å². The lowest BCUT2D eigenvalue weighted by Gasteiger charge is -2.17. The van der Waals surface area contributed by atoms with Crippen LogP contribution in [-0.2, 0) is 20.9 Å². The van der Waals surface area contributed by atoms with Gasteiger partial charge in [0.1, 0.15) is 18.6 Å². The zero-order valence-electron chi connectivity index (χ0n) is 17.3. The Kier molecular flexibility index (Phi) is 7.36. The first-order valence-electron chi connectivity index (χ1n) is 9.92. The van der Waals surface area contributed by atoms with E-state index < -0.39 is 12.5 Å². The van der Waals surface area contributed by atoms with Gasteiger partial charge < -0.3 is 20.3 Å². The molecule has 8 heteroatoms. The Balaban J connectivity index is 1.65. The summed E-state index contributed by atoms with van der Waals surface area (Å²) in [4.78, 5) is 23.8. The third-order valence-corrected chi connectivity index (χ3v) is 4.90. The van der Waals surface area contributed by atoms with Crippen molar-refractivity contribution in [2.45, 2.75) is 19.6 Å². The summed E-state index contributed by atoms with van der Waals surface area (Å²) in [5.41, 5.74) is 2.70. The monoisotopic (exact) mass is 429 g/mol. The van der Waals surface area contributed by atoms with Crippen LogP contribution in [0, 0.1) is 5.82 Å². The van der Waals surface area contributed by atoms with E-state index in [1.807, 2.05) is 12.1 Å². The predicted molar refractivity (Wildman–Crippen MR) is 115 cm³/mol. The van der Waals surface area contributed by atoms with Crippen molar-refractivity contribution in [1.82, 2.24) is 10.6 Å². The van der Waals surface area contributed by atoms with E-state index in [0.717, 1.165) is 5.56 Å². The second-order valence-electron chi connectivity index (χ2n) is 7.32. The predicted octanol–water partition coefficient (Wildman–Crippen LogP) is 2.93. The molecule has 0 aromatic heterocycles. The molecule has 1 atom stereocenters. The maximum Gasteiger partial charge on any atom is 0.217 e. The van der Waals surface area contributed by atoms with Crippen molar-refractivity contribution >= 4 is 17.4 Å². The molecule has 31 heavy (non-hydrogen) atoms. The van der Waals surface area contributed by atoms with Gasteiger partial charge in [0.2, 0.25) is 5.91 Å². The number of nitrogens with zero attached hydrogens (tertiary/aromatic N) is 1. The largest absolute Gasteiger partial charge is 0.472 e. The van der Waals surface area contributed by atoms with Crippen molar-refractivity contribution in [3.8, 4) is 11.1 Å². The van der Waals surface area contributed by atoms with Crippen LogP contribution in [0.1, 0.15) is 12.5 Å². The van der Waals surface area contributed by atoms with E-state index in [-0.39, 0.29) is 24.4 Å². The molecule has 1 aliphatic heterocycles. The van der Waals surface area contributed by atoms with Crippen LogP contribution in [0.25, 0.3) is 11.1 Å². The van der Waals surface area contributed by atoms with Crippen LogP contribution in [-0.4, -0.2) is 44.1 Å². The van der Waals surface area contributed by atoms with E-state index in [0.29, 0.717) is 42.3 Å². The summed E-state index contributed by atoms with van der Waals surface area (Å²) < 4.78 is 32.7. The van der Waals surface area contributed by atoms with Gasteiger partial charge in [-0.3, -0.25) is 9.59 Å². The van der Waals surface area contributed by atoms with Crippen LogP contribution in [0.5, 0.6) is 0 Å². The minimum Gasteiger partial charge on any atom is -0.472 e. The summed E-state index contributed by atoms with van der Waals surface area (Å²) in [6.07, 6.45) is -0.250. The lowest BCUT2D eigenvalue weighted by molar-refractivity contribution is -0.120. The van der Waals surface area contributed by atoms with Crippen LogP contribution in [0.15, 0.2) is 54.9 Å². The lowest BCUT2D eigenvalue weighted by Crippen LogP contribution is -2.33. The summed E-state index contributed by atoms with van der Waals surface area (Å²) in [7, 11) is 0. The average molecular weight is 429 g/mol. The molecule has 1 aliphatic rings. The summed E-state index contributed by atoms with van der Waals surface area (Å²) in [5.74, 6) is -0.606. The fraction of sp³-hybridized carbons (Fsp3) is 0.304. The second-order valence-corrected chi connectivity index (χ2v) is 7.32. The van der Waals surface area contributed by atoms with Crippen LogP contribution in [0.2, 0.25) is 0 Å². The number of ketones is 1. The Morgan fingerprint density at radius 3 is 2.61 bits per heavy atom. The summed E-state index contributed by atoms with van der Waals surface area (Å²) >= 11 is 0. The standard InChI is InChI=1S/C23H25F2N3O3/c1-15(29)27-13-21-14-28(16(2)31-21)19-7-8-22(23(25)9-19)18-5-3-17(4-6-18)11-26-12-20(30)10-24/h3-9,21,26H,2,10-14H2,1H3,(H,27,29). The van der Waals surface area contributed by atoms with E-state index in [9.17, 15) is 18.4 Å². The number of Topliss-reactive ketones (excluding diaryl/α,β-unsaturated/α-hetero) is 1. The Morgan fingerprint density at radius 1 is 1.23 bits per heavy atom. The van der Waals surface area contributed by atoms with Crippen LogP contribution in [0.4, 0.5) is 14.5 Å². The third-order valence-electron chi connectivity index (χ3n) is 4.90. The number of carbonyl (C=O) groups is 2. The Hall–Kier alpha value is -3.26. The molecular formula is C23H25F2N3O3. The highest BCUT2D eigenvalue weighted by atomic mass is 19.1. The molecule has 0 aliphatic carbocycles. The molecule has 3 rings (SSSR count). The number of alkyl halides is 1. The third kappa shape index (κ3) is 5.88. The minimum absolute atomic E-state index is 0.0223. The first-order valence-corrected chi connectivity index (χ1v) is 9.92. The van der Waals surface area contributed by atoms with Gasteiger partial charge in [0, 0.05) is 24.7 Å². The molecule has 0 spiro atoms. The van der Waals surface area contributed by atoms with Crippen molar-refractivity contribution in [2.24, 2.45) is 0 Å². The quantitative estimate of drug-likeness (QED) is 0.642.